The van der Waals surface area contributed by atoms with Crippen molar-refractivity contribution in [1.82, 2.24) is 14.5 Å². The number of aromatic amines is 1. The standard InChI is InChI=1S/C18H23ClN4O4S/c1-3-15-16(18(24)27-4-2)17(21-20-15)28(25,26)23-10-8-22(9-11-23)14-7-5-6-13(19)12-14/h5-7,12H,3-4,8-11H2,1-2H3,(H,20,21). The van der Waals surface area contributed by atoms with Crippen molar-refractivity contribution in [1.29, 1.82) is 0 Å². The fraction of sp³-hybridized carbons (Fsp3) is 0.444. The number of aryl methyl sites for hydroxylation is 1. The van der Waals surface area contributed by atoms with Gasteiger partial charge in [0.05, 0.1) is 12.3 Å². The van der Waals surface area contributed by atoms with E-state index in [2.05, 4.69) is 15.1 Å². The summed E-state index contributed by atoms with van der Waals surface area (Å²) < 4.78 is 32.7. The maximum Gasteiger partial charge on any atom is 0.343 e. The van der Waals surface area contributed by atoms with E-state index in [4.69, 9.17) is 16.3 Å². The summed E-state index contributed by atoms with van der Waals surface area (Å²) in [5, 5.41) is 6.98. The van der Waals surface area contributed by atoms with E-state index in [9.17, 15) is 13.2 Å². The van der Waals surface area contributed by atoms with E-state index in [1.165, 1.54) is 4.31 Å². The monoisotopic (exact) mass is 426 g/mol. The van der Waals surface area contributed by atoms with Crippen LogP contribution in [-0.4, -0.2) is 61.7 Å². The van der Waals surface area contributed by atoms with Crippen molar-refractivity contribution < 1.29 is 17.9 Å². The Labute approximate surface area is 169 Å². The number of halogens is 1. The summed E-state index contributed by atoms with van der Waals surface area (Å²) in [4.78, 5) is 14.4. The minimum atomic E-state index is -3.92. The second kappa shape index (κ2) is 8.50. The van der Waals surface area contributed by atoms with Crippen LogP contribution in [0.3, 0.4) is 0 Å². The summed E-state index contributed by atoms with van der Waals surface area (Å²) in [7, 11) is -3.92. The van der Waals surface area contributed by atoms with Gasteiger partial charge in [-0.1, -0.05) is 24.6 Å². The highest BCUT2D eigenvalue weighted by atomic mass is 35.5. The third-order valence-electron chi connectivity index (χ3n) is 4.64. The van der Waals surface area contributed by atoms with Crippen molar-refractivity contribution in [3.63, 3.8) is 0 Å². The third kappa shape index (κ3) is 4.01. The first-order chi connectivity index (χ1) is 13.4. The van der Waals surface area contributed by atoms with E-state index in [1.807, 2.05) is 25.1 Å². The molecule has 1 aromatic heterocycles. The van der Waals surface area contributed by atoms with Gasteiger partial charge in [0.2, 0.25) is 5.03 Å². The molecule has 0 bridgehead atoms. The van der Waals surface area contributed by atoms with Gasteiger partial charge >= 0.3 is 5.97 Å². The lowest BCUT2D eigenvalue weighted by molar-refractivity contribution is 0.0520. The van der Waals surface area contributed by atoms with E-state index in [1.54, 1.807) is 13.0 Å². The SMILES string of the molecule is CCOC(=O)c1c(S(=O)(=O)N2CCN(c3cccc(Cl)c3)CC2)n[nH]c1CC. The smallest absolute Gasteiger partial charge is 0.343 e. The number of sulfonamides is 1. The highest BCUT2D eigenvalue weighted by Crippen LogP contribution is 2.25. The number of hydrogen-bond donors (Lipinski definition) is 1. The van der Waals surface area contributed by atoms with Gasteiger partial charge in [-0.25, -0.2) is 13.2 Å². The number of aromatic nitrogens is 2. The quantitative estimate of drug-likeness (QED) is 0.712. The predicted molar refractivity (Wildman–Crippen MR) is 106 cm³/mol. The molecule has 0 unspecified atom stereocenters. The molecule has 1 fully saturated rings. The van der Waals surface area contributed by atoms with Gasteiger partial charge in [0.25, 0.3) is 10.0 Å². The number of hydrogen-bond acceptors (Lipinski definition) is 6. The Balaban J connectivity index is 1.81. The molecule has 0 radical (unpaired) electrons. The molecular formula is C18H23ClN4O4S. The number of esters is 1. The zero-order valence-corrected chi connectivity index (χ0v) is 17.4. The number of nitrogens with one attached hydrogen (secondary N) is 1. The normalized spacial score (nSPS) is 15.6. The van der Waals surface area contributed by atoms with Crippen molar-refractivity contribution in [2.24, 2.45) is 0 Å². The predicted octanol–water partition coefficient (Wildman–Crippen LogP) is 2.31. The van der Waals surface area contributed by atoms with E-state index in [0.29, 0.717) is 30.2 Å². The van der Waals surface area contributed by atoms with Crippen LogP contribution in [0, 0.1) is 0 Å². The number of benzene rings is 1. The molecule has 0 amide bonds. The maximum absolute atomic E-state index is 13.1. The van der Waals surface area contributed by atoms with Crippen molar-refractivity contribution in [2.75, 3.05) is 37.7 Å². The summed E-state index contributed by atoms with van der Waals surface area (Å²) >= 11 is 6.05. The van der Waals surface area contributed by atoms with E-state index in [-0.39, 0.29) is 30.3 Å². The lowest BCUT2D eigenvalue weighted by atomic mass is 10.2. The summed E-state index contributed by atoms with van der Waals surface area (Å²) in [5.41, 5.74) is 1.40. The first kappa shape index (κ1) is 20.6. The van der Waals surface area contributed by atoms with Gasteiger partial charge < -0.3 is 9.64 Å². The molecule has 152 valence electrons. The van der Waals surface area contributed by atoms with Gasteiger partial charge in [-0.15, -0.1) is 0 Å². The maximum atomic E-state index is 13.1. The molecule has 1 saturated heterocycles. The third-order valence-corrected chi connectivity index (χ3v) is 6.70. The molecule has 1 aliphatic heterocycles. The number of H-pyrrole nitrogens is 1. The zero-order valence-electron chi connectivity index (χ0n) is 15.8. The molecule has 28 heavy (non-hydrogen) atoms. The van der Waals surface area contributed by atoms with Crippen LogP contribution in [0.1, 0.15) is 29.9 Å². The molecule has 1 aromatic carbocycles. The van der Waals surface area contributed by atoms with Gasteiger partial charge in [-0.05, 0) is 31.5 Å². The van der Waals surface area contributed by atoms with Crippen LogP contribution in [0.5, 0.6) is 0 Å². The van der Waals surface area contributed by atoms with Crippen LogP contribution < -0.4 is 4.90 Å². The van der Waals surface area contributed by atoms with Gasteiger partial charge in [0.1, 0.15) is 5.56 Å². The molecule has 10 heteroatoms. The fourth-order valence-corrected chi connectivity index (χ4v) is 4.90. The lowest BCUT2D eigenvalue weighted by Gasteiger charge is -2.35. The second-order valence-corrected chi connectivity index (χ2v) is 8.62. The highest BCUT2D eigenvalue weighted by Gasteiger charge is 2.36. The topological polar surface area (TPSA) is 95.6 Å². The first-order valence-corrected chi connectivity index (χ1v) is 10.9. The second-order valence-electron chi connectivity index (χ2n) is 6.33. The zero-order chi connectivity index (χ0) is 20.3. The number of rotatable bonds is 6. The van der Waals surface area contributed by atoms with Gasteiger partial charge in [-0.2, -0.15) is 9.40 Å². The highest BCUT2D eigenvalue weighted by molar-refractivity contribution is 7.89. The lowest BCUT2D eigenvalue weighted by Crippen LogP contribution is -2.49. The van der Waals surface area contributed by atoms with Crippen LogP contribution in [0.4, 0.5) is 5.69 Å². The minimum absolute atomic E-state index is 0.00150. The largest absolute Gasteiger partial charge is 0.462 e. The van der Waals surface area contributed by atoms with E-state index in [0.717, 1.165) is 5.69 Å². The van der Waals surface area contributed by atoms with E-state index >= 15 is 0 Å². The Morgan fingerprint density at radius 2 is 1.96 bits per heavy atom. The van der Waals surface area contributed by atoms with Crippen LogP contribution in [0.15, 0.2) is 29.3 Å². The van der Waals surface area contributed by atoms with Gasteiger partial charge in [0, 0.05) is 36.9 Å². The van der Waals surface area contributed by atoms with Crippen LogP contribution in [-0.2, 0) is 21.2 Å². The number of piperazine rings is 1. The molecule has 0 spiro atoms. The Morgan fingerprint density at radius 3 is 2.57 bits per heavy atom. The van der Waals surface area contributed by atoms with Crippen molar-refractivity contribution >= 4 is 33.3 Å². The average molecular weight is 427 g/mol. The molecule has 0 atom stereocenters. The molecule has 0 aliphatic carbocycles. The Morgan fingerprint density at radius 1 is 1.25 bits per heavy atom. The number of carbonyl (C=O) groups is 1. The first-order valence-electron chi connectivity index (χ1n) is 9.13. The summed E-state index contributed by atoms with van der Waals surface area (Å²) in [6, 6.07) is 7.45. The number of nitrogens with zero attached hydrogens (tertiary/aromatic N) is 3. The molecule has 1 N–H and O–H groups in total. The van der Waals surface area contributed by atoms with Crippen molar-refractivity contribution in [2.45, 2.75) is 25.3 Å². The summed E-state index contributed by atoms with van der Waals surface area (Å²) in [5.74, 6) is -0.677. The number of anilines is 1. The molecule has 1 aliphatic rings. The Hall–Kier alpha value is -2.10. The van der Waals surface area contributed by atoms with Gasteiger partial charge in [0.15, 0.2) is 0 Å². The van der Waals surface area contributed by atoms with E-state index < -0.39 is 16.0 Å². The van der Waals surface area contributed by atoms with Crippen LogP contribution in [0.2, 0.25) is 5.02 Å². The molecule has 3 rings (SSSR count). The minimum Gasteiger partial charge on any atom is -0.462 e. The van der Waals surface area contributed by atoms with Crippen molar-refractivity contribution in [3.8, 4) is 0 Å². The Kier molecular flexibility index (Phi) is 6.26. The molecule has 0 saturated carbocycles. The fourth-order valence-electron chi connectivity index (χ4n) is 3.20. The number of ether oxygens (including phenoxy) is 1. The van der Waals surface area contributed by atoms with Gasteiger partial charge in [-0.3, -0.25) is 5.10 Å². The van der Waals surface area contributed by atoms with Crippen LogP contribution >= 0.6 is 11.6 Å². The molecule has 2 heterocycles. The number of carbonyl (C=O) groups excluding carboxylic acids is 1. The summed E-state index contributed by atoms with van der Waals surface area (Å²) in [6.45, 7) is 5.24. The molecule has 8 nitrogen and oxygen atoms in total. The van der Waals surface area contributed by atoms with Crippen LogP contribution in [0.25, 0.3) is 0 Å². The molecule has 2 aromatic rings. The van der Waals surface area contributed by atoms with Crippen molar-refractivity contribution in [3.05, 3.63) is 40.5 Å². The Bertz CT molecular complexity index is 952. The molecular weight excluding hydrogens is 404 g/mol. The summed E-state index contributed by atoms with van der Waals surface area (Å²) in [6.07, 6.45) is 0.444. The average Bonchev–Trinajstić information content (AvgIpc) is 3.13.